The van der Waals surface area contributed by atoms with E-state index >= 15 is 0 Å². The Morgan fingerprint density at radius 3 is 2.40 bits per heavy atom. The van der Waals surface area contributed by atoms with Crippen LogP contribution in [-0.2, 0) is 4.79 Å². The predicted molar refractivity (Wildman–Crippen MR) is 177 cm³/mol. The molecule has 2 amide bonds. The number of rotatable bonds is 11. The highest BCUT2D eigenvalue weighted by Gasteiger charge is 2.42. The highest BCUT2D eigenvalue weighted by atomic mass is 19.4. The second kappa shape index (κ2) is 13.9. The van der Waals surface area contributed by atoms with E-state index < -0.39 is 24.5 Å². The topological polar surface area (TPSA) is 61.9 Å². The van der Waals surface area contributed by atoms with Crippen LogP contribution in [0.2, 0.25) is 0 Å². The van der Waals surface area contributed by atoms with Gasteiger partial charge in [0.15, 0.2) is 0 Å². The van der Waals surface area contributed by atoms with Crippen LogP contribution in [-0.4, -0.2) is 55.1 Å². The van der Waals surface area contributed by atoms with Gasteiger partial charge in [-0.1, -0.05) is 86.5 Å². The lowest BCUT2D eigenvalue weighted by atomic mass is 9.93. The minimum atomic E-state index is -4.51. The van der Waals surface area contributed by atoms with E-state index in [1.54, 1.807) is 18.2 Å². The van der Waals surface area contributed by atoms with Crippen LogP contribution in [0.1, 0.15) is 60.0 Å². The number of hydrogen-bond donors (Lipinski definition) is 1. The zero-order chi connectivity index (χ0) is 33.0. The molecule has 0 radical (unpaired) electrons. The molecule has 1 aliphatic heterocycles. The Morgan fingerprint density at radius 1 is 0.894 bits per heavy atom. The van der Waals surface area contributed by atoms with E-state index in [0.29, 0.717) is 43.0 Å². The molecule has 1 fully saturated rings. The van der Waals surface area contributed by atoms with Gasteiger partial charge in [0.25, 0.3) is 5.91 Å². The molecule has 2 atom stereocenters. The number of unbranched alkanes of at least 4 members (excludes halogenated alkanes) is 2. The summed E-state index contributed by atoms with van der Waals surface area (Å²) in [6.45, 7) is 1.86. The zero-order valence-corrected chi connectivity index (χ0v) is 26.3. The number of halogens is 3. The summed E-state index contributed by atoms with van der Waals surface area (Å²) in [6, 6.07) is 29.5. The molecule has 0 spiro atoms. The maximum absolute atomic E-state index is 14.2. The molecule has 47 heavy (non-hydrogen) atoms. The Hall–Kier alpha value is -4.79. The third kappa shape index (κ3) is 7.14. The number of nitrogens with zero attached hydrogens (tertiary/aromatic N) is 2. The SMILES string of the molecule is CCCCCN(CC(F)(F)F)C(=O)C1c2ccccc2-c2cccc(N3CCC(NC(=O)c4ccccc4Oc4ccccc4)C3)c21. The Labute approximate surface area is 273 Å². The standard InChI is InChI=1S/C38H38F3N3O3/c1-2-3-11-22-44(25-38(39,40)41)37(46)35-30-16-8-7-15-28(30)29-18-12-19-32(34(29)35)43-23-21-26(24-43)42-36(45)31-17-9-10-20-33(31)47-27-13-5-4-6-14-27/h4-10,12-20,26,35H,2-3,11,21-25H2,1H3,(H,42,45). The van der Waals surface area contributed by atoms with Gasteiger partial charge in [-0.2, -0.15) is 13.2 Å². The smallest absolute Gasteiger partial charge is 0.406 e. The van der Waals surface area contributed by atoms with Crippen LogP contribution in [0.5, 0.6) is 11.5 Å². The Balaban J connectivity index is 1.25. The number of alkyl halides is 3. The second-order valence-corrected chi connectivity index (χ2v) is 12.2. The first-order valence-electron chi connectivity index (χ1n) is 16.2. The summed E-state index contributed by atoms with van der Waals surface area (Å²) in [5, 5.41) is 3.15. The molecule has 6 rings (SSSR count). The van der Waals surface area contributed by atoms with Gasteiger partial charge >= 0.3 is 6.18 Å². The quantitative estimate of drug-likeness (QED) is 0.168. The molecule has 0 saturated carbocycles. The molecule has 2 unspecified atom stereocenters. The van der Waals surface area contributed by atoms with Crippen molar-refractivity contribution in [2.75, 3.05) is 31.1 Å². The first-order chi connectivity index (χ1) is 22.7. The molecule has 0 aromatic heterocycles. The minimum Gasteiger partial charge on any atom is -0.457 e. The van der Waals surface area contributed by atoms with Crippen LogP contribution >= 0.6 is 0 Å². The van der Waals surface area contributed by atoms with Gasteiger partial charge < -0.3 is 19.9 Å². The highest BCUT2D eigenvalue weighted by molar-refractivity contribution is 5.99. The van der Waals surface area contributed by atoms with E-state index in [0.717, 1.165) is 45.7 Å². The van der Waals surface area contributed by atoms with Crippen molar-refractivity contribution in [3.63, 3.8) is 0 Å². The number of para-hydroxylation sites is 2. The van der Waals surface area contributed by atoms with E-state index in [2.05, 4.69) is 10.2 Å². The summed E-state index contributed by atoms with van der Waals surface area (Å²) in [7, 11) is 0. The summed E-state index contributed by atoms with van der Waals surface area (Å²) in [5.41, 5.74) is 4.40. The summed E-state index contributed by atoms with van der Waals surface area (Å²) >= 11 is 0. The monoisotopic (exact) mass is 641 g/mol. The van der Waals surface area contributed by atoms with Crippen LogP contribution in [0, 0.1) is 0 Å². The number of carbonyl (C=O) groups is 2. The van der Waals surface area contributed by atoms with Crippen molar-refractivity contribution in [2.45, 2.75) is 50.7 Å². The van der Waals surface area contributed by atoms with Crippen molar-refractivity contribution in [2.24, 2.45) is 0 Å². The lowest BCUT2D eigenvalue weighted by Crippen LogP contribution is -2.42. The molecule has 0 bridgehead atoms. The van der Waals surface area contributed by atoms with Crippen molar-refractivity contribution >= 4 is 17.5 Å². The van der Waals surface area contributed by atoms with Crippen LogP contribution in [0.3, 0.4) is 0 Å². The third-order valence-corrected chi connectivity index (χ3v) is 8.86. The van der Waals surface area contributed by atoms with Crippen molar-refractivity contribution in [3.8, 4) is 22.6 Å². The number of amides is 2. The maximum atomic E-state index is 14.2. The number of fused-ring (bicyclic) bond motifs is 3. The fraction of sp³-hybridized carbons (Fsp3) is 0.316. The second-order valence-electron chi connectivity index (χ2n) is 12.2. The summed E-state index contributed by atoms with van der Waals surface area (Å²) < 4.78 is 47.2. The van der Waals surface area contributed by atoms with E-state index in [1.165, 1.54) is 0 Å². The fourth-order valence-electron chi connectivity index (χ4n) is 6.71. The molecule has 6 nitrogen and oxygen atoms in total. The number of hydrogen-bond acceptors (Lipinski definition) is 4. The molecule has 2 aliphatic rings. The lowest BCUT2D eigenvalue weighted by molar-refractivity contribution is -0.161. The molecule has 4 aromatic carbocycles. The molecule has 4 aromatic rings. The number of ether oxygens (including phenoxy) is 1. The van der Waals surface area contributed by atoms with Crippen molar-refractivity contribution in [1.82, 2.24) is 10.2 Å². The van der Waals surface area contributed by atoms with Crippen LogP contribution < -0.4 is 15.0 Å². The molecule has 9 heteroatoms. The largest absolute Gasteiger partial charge is 0.457 e. The van der Waals surface area contributed by atoms with Gasteiger partial charge in [-0.05, 0) is 59.9 Å². The van der Waals surface area contributed by atoms with Crippen molar-refractivity contribution < 1.29 is 27.5 Å². The third-order valence-electron chi connectivity index (χ3n) is 8.86. The fourth-order valence-corrected chi connectivity index (χ4v) is 6.71. The molecular weight excluding hydrogens is 603 g/mol. The van der Waals surface area contributed by atoms with Gasteiger partial charge in [0.1, 0.15) is 18.0 Å². The average molecular weight is 642 g/mol. The number of anilines is 1. The van der Waals surface area contributed by atoms with Gasteiger partial charge in [-0.3, -0.25) is 9.59 Å². The van der Waals surface area contributed by atoms with Gasteiger partial charge in [-0.25, -0.2) is 0 Å². The number of benzene rings is 4. The summed E-state index contributed by atoms with van der Waals surface area (Å²) in [5.74, 6) is -0.555. The Bertz CT molecular complexity index is 1730. The summed E-state index contributed by atoms with van der Waals surface area (Å²) in [6.07, 6.45) is -1.75. The first-order valence-corrected chi connectivity index (χ1v) is 16.2. The molecule has 1 N–H and O–H groups in total. The van der Waals surface area contributed by atoms with Gasteiger partial charge in [0, 0.05) is 36.9 Å². The Morgan fingerprint density at radius 2 is 1.62 bits per heavy atom. The first kappa shape index (κ1) is 32.2. The van der Waals surface area contributed by atoms with E-state index in [4.69, 9.17) is 4.74 Å². The number of carbonyl (C=O) groups excluding carboxylic acids is 2. The van der Waals surface area contributed by atoms with Crippen LogP contribution in [0.15, 0.2) is 97.1 Å². The van der Waals surface area contributed by atoms with E-state index in [1.807, 2.05) is 85.8 Å². The molecule has 1 heterocycles. The molecular formula is C38H38F3N3O3. The van der Waals surface area contributed by atoms with Crippen molar-refractivity contribution in [1.29, 1.82) is 0 Å². The number of nitrogens with one attached hydrogen (secondary N) is 1. The predicted octanol–water partition coefficient (Wildman–Crippen LogP) is 8.18. The molecule has 1 saturated heterocycles. The average Bonchev–Trinajstić information content (AvgIpc) is 3.67. The van der Waals surface area contributed by atoms with Crippen molar-refractivity contribution in [3.05, 3.63) is 114 Å². The Kier molecular flexibility index (Phi) is 9.52. The zero-order valence-electron chi connectivity index (χ0n) is 26.3. The minimum absolute atomic E-state index is 0.0512. The normalized spacial score (nSPS) is 16.8. The van der Waals surface area contributed by atoms with E-state index in [-0.39, 0.29) is 18.5 Å². The van der Waals surface area contributed by atoms with Crippen LogP contribution in [0.25, 0.3) is 11.1 Å². The van der Waals surface area contributed by atoms with Gasteiger partial charge in [0.2, 0.25) is 5.91 Å². The lowest BCUT2D eigenvalue weighted by Gasteiger charge is -2.30. The van der Waals surface area contributed by atoms with E-state index in [9.17, 15) is 22.8 Å². The molecule has 244 valence electrons. The molecule has 1 aliphatic carbocycles. The van der Waals surface area contributed by atoms with Gasteiger partial charge in [-0.15, -0.1) is 0 Å². The summed E-state index contributed by atoms with van der Waals surface area (Å²) in [4.78, 5) is 30.8. The highest BCUT2D eigenvalue weighted by Crippen LogP contribution is 2.50. The van der Waals surface area contributed by atoms with Gasteiger partial charge in [0.05, 0.1) is 11.5 Å². The maximum Gasteiger partial charge on any atom is 0.406 e. The van der Waals surface area contributed by atoms with Crippen LogP contribution in [0.4, 0.5) is 18.9 Å².